The van der Waals surface area contributed by atoms with Gasteiger partial charge in [-0.3, -0.25) is 4.79 Å². The fourth-order valence-corrected chi connectivity index (χ4v) is 3.30. The Hall–Kier alpha value is -3.42. The van der Waals surface area contributed by atoms with Gasteiger partial charge in [-0.25, -0.2) is 9.18 Å². The van der Waals surface area contributed by atoms with Gasteiger partial charge in [0.1, 0.15) is 18.1 Å². The normalized spacial score (nSPS) is 13.9. The lowest BCUT2D eigenvalue weighted by Gasteiger charge is -2.26. The number of carbonyl (C=O) groups is 1. The van der Waals surface area contributed by atoms with E-state index in [1.165, 1.54) is 24.3 Å². The summed E-state index contributed by atoms with van der Waals surface area (Å²) < 4.78 is 24.6. The van der Waals surface area contributed by atoms with Crippen molar-refractivity contribution in [1.29, 1.82) is 0 Å². The van der Waals surface area contributed by atoms with Gasteiger partial charge in [0.25, 0.3) is 0 Å². The van der Waals surface area contributed by atoms with E-state index in [1.807, 2.05) is 0 Å². The Balaban J connectivity index is 1.56. The molecule has 1 aromatic carbocycles. The Kier molecular flexibility index (Phi) is 5.41. The summed E-state index contributed by atoms with van der Waals surface area (Å²) in [6, 6.07) is 8.99. The summed E-state index contributed by atoms with van der Waals surface area (Å²) in [6.07, 6.45) is 7.42. The Morgan fingerprint density at radius 3 is 2.72 bits per heavy atom. The first-order valence-corrected chi connectivity index (χ1v) is 9.46. The van der Waals surface area contributed by atoms with Gasteiger partial charge < -0.3 is 13.7 Å². The number of amides is 1. The highest BCUT2D eigenvalue weighted by Gasteiger charge is 2.23. The smallest absolute Gasteiger partial charge is 0.437 e. The SMILES string of the molecule is O=C(Cn1nc(-c2ccc(F)cc2)oc1=O)N(Cc1ccco1)C1=CCCCC1. The first-order chi connectivity index (χ1) is 14.1. The molecule has 0 radical (unpaired) electrons. The maximum atomic E-state index is 13.1. The Labute approximate surface area is 166 Å². The molecule has 7 nitrogen and oxygen atoms in total. The highest BCUT2D eigenvalue weighted by molar-refractivity contribution is 5.77. The number of aromatic nitrogens is 2. The van der Waals surface area contributed by atoms with Gasteiger partial charge in [-0.1, -0.05) is 6.08 Å². The van der Waals surface area contributed by atoms with Gasteiger partial charge in [0.05, 0.1) is 12.8 Å². The van der Waals surface area contributed by atoms with Crippen LogP contribution in [0.2, 0.25) is 0 Å². The Bertz CT molecular complexity index is 1060. The molecule has 3 aromatic rings. The fraction of sp³-hybridized carbons (Fsp3) is 0.286. The van der Waals surface area contributed by atoms with Crippen LogP contribution in [0.25, 0.3) is 11.5 Å². The molecule has 0 unspecified atom stereocenters. The van der Waals surface area contributed by atoms with E-state index >= 15 is 0 Å². The van der Waals surface area contributed by atoms with Gasteiger partial charge in [-0.05, 0) is 62.1 Å². The first-order valence-electron chi connectivity index (χ1n) is 9.46. The van der Waals surface area contributed by atoms with Gasteiger partial charge in [-0.15, -0.1) is 5.10 Å². The van der Waals surface area contributed by atoms with Crippen LogP contribution in [0.1, 0.15) is 31.4 Å². The third-order valence-electron chi connectivity index (χ3n) is 4.79. The second kappa shape index (κ2) is 8.30. The van der Waals surface area contributed by atoms with Crippen LogP contribution in [0.5, 0.6) is 0 Å². The molecule has 2 aromatic heterocycles. The standard InChI is InChI=1S/C21H20FN3O4/c22-16-10-8-15(9-11-16)20-23-25(21(27)29-20)14-19(26)24(13-18-7-4-12-28-18)17-5-2-1-3-6-17/h4-5,7-12H,1-3,6,13-14H2. The van der Waals surface area contributed by atoms with E-state index in [0.717, 1.165) is 36.1 Å². The van der Waals surface area contributed by atoms with E-state index in [0.29, 0.717) is 11.3 Å². The summed E-state index contributed by atoms with van der Waals surface area (Å²) in [5.74, 6) is -0.731. The molecule has 0 spiro atoms. The van der Waals surface area contributed by atoms with Crippen molar-refractivity contribution in [3.05, 3.63) is 76.6 Å². The molecule has 0 aliphatic heterocycles. The molecule has 29 heavy (non-hydrogen) atoms. The third kappa shape index (κ3) is 4.37. The Morgan fingerprint density at radius 2 is 2.03 bits per heavy atom. The van der Waals surface area contributed by atoms with Crippen LogP contribution in [0.3, 0.4) is 0 Å². The average molecular weight is 397 g/mol. The number of rotatable bonds is 6. The minimum Gasteiger partial charge on any atom is -0.467 e. The summed E-state index contributed by atoms with van der Waals surface area (Å²) in [6.45, 7) is 0.0245. The van der Waals surface area contributed by atoms with E-state index < -0.39 is 11.6 Å². The van der Waals surface area contributed by atoms with Crippen LogP contribution in [-0.4, -0.2) is 20.6 Å². The molecule has 1 aliphatic carbocycles. The van der Waals surface area contributed by atoms with Crippen LogP contribution < -0.4 is 5.76 Å². The van der Waals surface area contributed by atoms with Crippen LogP contribution in [0, 0.1) is 5.82 Å². The highest BCUT2D eigenvalue weighted by Crippen LogP contribution is 2.23. The second-order valence-electron chi connectivity index (χ2n) is 6.84. The van der Waals surface area contributed by atoms with Gasteiger partial charge in [-0.2, -0.15) is 4.68 Å². The number of hydrogen-bond donors (Lipinski definition) is 0. The maximum absolute atomic E-state index is 13.1. The Morgan fingerprint density at radius 1 is 1.21 bits per heavy atom. The van der Waals surface area contributed by atoms with Crippen LogP contribution in [0.15, 0.2) is 68.1 Å². The fourth-order valence-electron chi connectivity index (χ4n) is 3.30. The van der Waals surface area contributed by atoms with E-state index in [2.05, 4.69) is 11.2 Å². The second-order valence-corrected chi connectivity index (χ2v) is 6.84. The average Bonchev–Trinajstić information content (AvgIpc) is 3.37. The number of furan rings is 1. The van der Waals surface area contributed by atoms with Crippen molar-refractivity contribution in [2.24, 2.45) is 0 Å². The van der Waals surface area contributed by atoms with Crippen molar-refractivity contribution in [2.75, 3.05) is 0 Å². The zero-order valence-corrected chi connectivity index (χ0v) is 15.7. The van der Waals surface area contributed by atoms with Gasteiger partial charge in [0.2, 0.25) is 11.8 Å². The lowest BCUT2D eigenvalue weighted by Crippen LogP contribution is -2.35. The highest BCUT2D eigenvalue weighted by atomic mass is 19.1. The number of carbonyl (C=O) groups excluding carboxylic acids is 1. The molecule has 0 N–H and O–H groups in total. The third-order valence-corrected chi connectivity index (χ3v) is 4.79. The molecule has 1 amide bonds. The molecule has 4 rings (SSSR count). The number of hydrogen-bond acceptors (Lipinski definition) is 5. The lowest BCUT2D eigenvalue weighted by atomic mass is 10.0. The molecular formula is C21H20FN3O4. The predicted octanol–water partition coefficient (Wildman–Crippen LogP) is 3.72. The number of nitrogens with zero attached hydrogens (tertiary/aromatic N) is 3. The molecule has 2 heterocycles. The maximum Gasteiger partial charge on any atom is 0.437 e. The molecule has 0 bridgehead atoms. The van der Waals surface area contributed by atoms with Crippen LogP contribution in [-0.2, 0) is 17.9 Å². The van der Waals surface area contributed by atoms with Gasteiger partial charge in [0, 0.05) is 11.3 Å². The minimum absolute atomic E-state index is 0.0391. The molecule has 0 saturated carbocycles. The van der Waals surface area contributed by atoms with Gasteiger partial charge >= 0.3 is 5.76 Å². The van der Waals surface area contributed by atoms with E-state index in [4.69, 9.17) is 8.83 Å². The zero-order valence-electron chi connectivity index (χ0n) is 15.7. The van der Waals surface area contributed by atoms with Crippen molar-refractivity contribution < 1.29 is 18.0 Å². The molecule has 0 atom stereocenters. The van der Waals surface area contributed by atoms with Crippen molar-refractivity contribution in [3.8, 4) is 11.5 Å². The molecular weight excluding hydrogens is 377 g/mol. The molecule has 8 heteroatoms. The predicted molar refractivity (Wildman–Crippen MR) is 102 cm³/mol. The molecule has 0 fully saturated rings. The molecule has 0 saturated heterocycles. The van der Waals surface area contributed by atoms with Gasteiger partial charge in [0.15, 0.2) is 0 Å². The zero-order chi connectivity index (χ0) is 20.2. The monoisotopic (exact) mass is 397 g/mol. The first kappa shape index (κ1) is 18.9. The molecule has 1 aliphatic rings. The number of allylic oxidation sites excluding steroid dienone is 2. The topological polar surface area (TPSA) is 81.5 Å². The summed E-state index contributed by atoms with van der Waals surface area (Å²) >= 11 is 0. The quantitative estimate of drug-likeness (QED) is 0.633. The van der Waals surface area contributed by atoms with Crippen LogP contribution >= 0.6 is 0 Å². The summed E-state index contributed by atoms with van der Waals surface area (Å²) in [7, 11) is 0. The molecule has 150 valence electrons. The van der Waals surface area contributed by atoms with Crippen molar-refractivity contribution in [2.45, 2.75) is 38.8 Å². The van der Waals surface area contributed by atoms with E-state index in [1.54, 1.807) is 23.3 Å². The van der Waals surface area contributed by atoms with Crippen molar-refractivity contribution in [1.82, 2.24) is 14.7 Å². The largest absolute Gasteiger partial charge is 0.467 e. The van der Waals surface area contributed by atoms with Crippen molar-refractivity contribution in [3.63, 3.8) is 0 Å². The summed E-state index contributed by atoms with van der Waals surface area (Å²) in [5, 5.41) is 4.10. The van der Waals surface area contributed by atoms with E-state index in [9.17, 15) is 14.0 Å². The van der Waals surface area contributed by atoms with E-state index in [-0.39, 0.29) is 24.9 Å². The summed E-state index contributed by atoms with van der Waals surface area (Å²) in [4.78, 5) is 26.9. The van der Waals surface area contributed by atoms with Crippen molar-refractivity contribution >= 4 is 5.91 Å². The summed E-state index contributed by atoms with van der Waals surface area (Å²) in [5.41, 5.74) is 1.38. The lowest BCUT2D eigenvalue weighted by molar-refractivity contribution is -0.131. The minimum atomic E-state index is -0.742. The number of halogens is 1. The number of benzene rings is 1. The van der Waals surface area contributed by atoms with Crippen LogP contribution in [0.4, 0.5) is 4.39 Å².